The van der Waals surface area contributed by atoms with Gasteiger partial charge in [0.25, 0.3) is 5.69 Å². The van der Waals surface area contributed by atoms with Gasteiger partial charge in [-0.15, -0.1) is 10.2 Å². The summed E-state index contributed by atoms with van der Waals surface area (Å²) in [5.41, 5.74) is -0.102. The number of fused-ring (bicyclic) bond motifs is 1. The second-order valence-corrected chi connectivity index (χ2v) is 8.04. The zero-order chi connectivity index (χ0) is 19.8. The van der Waals surface area contributed by atoms with Gasteiger partial charge in [-0.2, -0.15) is 0 Å². The molecule has 0 heterocycles. The van der Waals surface area contributed by atoms with Gasteiger partial charge in [0.15, 0.2) is 9.84 Å². The highest BCUT2D eigenvalue weighted by Gasteiger charge is 2.19. The summed E-state index contributed by atoms with van der Waals surface area (Å²) in [6, 6.07) is 11.5. The molecule has 3 aromatic carbocycles. The van der Waals surface area contributed by atoms with E-state index in [-0.39, 0.29) is 27.0 Å². The number of aromatic hydroxyl groups is 1. The van der Waals surface area contributed by atoms with E-state index in [1.54, 1.807) is 24.3 Å². The first-order chi connectivity index (χ1) is 12.7. The summed E-state index contributed by atoms with van der Waals surface area (Å²) in [6.45, 7) is 0. The predicted molar refractivity (Wildman–Crippen MR) is 101 cm³/mol. The van der Waals surface area contributed by atoms with Crippen LogP contribution in [0.3, 0.4) is 0 Å². The Morgan fingerprint density at radius 2 is 1.67 bits per heavy atom. The van der Waals surface area contributed by atoms with Crippen LogP contribution in [-0.2, 0) is 9.84 Å². The summed E-state index contributed by atoms with van der Waals surface area (Å²) >= 11 is 6.01. The van der Waals surface area contributed by atoms with Gasteiger partial charge in [0, 0.05) is 29.2 Å². The number of benzene rings is 3. The van der Waals surface area contributed by atoms with Crippen molar-refractivity contribution in [3.63, 3.8) is 0 Å². The Bertz CT molecular complexity index is 1210. The van der Waals surface area contributed by atoms with E-state index in [1.165, 1.54) is 12.1 Å². The molecule has 3 aromatic rings. The van der Waals surface area contributed by atoms with Gasteiger partial charge in [0.05, 0.1) is 15.6 Å². The van der Waals surface area contributed by atoms with Crippen LogP contribution in [0.2, 0.25) is 5.02 Å². The van der Waals surface area contributed by atoms with Crippen LogP contribution >= 0.6 is 11.6 Å². The van der Waals surface area contributed by atoms with E-state index in [4.69, 9.17) is 11.6 Å². The minimum Gasteiger partial charge on any atom is -0.506 e. The lowest BCUT2D eigenvalue weighted by molar-refractivity contribution is -0.385. The zero-order valence-electron chi connectivity index (χ0n) is 13.8. The van der Waals surface area contributed by atoms with E-state index in [0.29, 0.717) is 16.5 Å². The van der Waals surface area contributed by atoms with Gasteiger partial charge < -0.3 is 5.11 Å². The van der Waals surface area contributed by atoms with Crippen molar-refractivity contribution in [3.8, 4) is 5.75 Å². The van der Waals surface area contributed by atoms with E-state index in [2.05, 4.69) is 10.2 Å². The van der Waals surface area contributed by atoms with Crippen molar-refractivity contribution >= 4 is 49.3 Å². The average Bonchev–Trinajstić information content (AvgIpc) is 2.62. The van der Waals surface area contributed by atoms with Crippen LogP contribution in [0.5, 0.6) is 5.75 Å². The van der Waals surface area contributed by atoms with Gasteiger partial charge in [-0.25, -0.2) is 8.42 Å². The zero-order valence-corrected chi connectivity index (χ0v) is 15.4. The second-order valence-electron chi connectivity index (χ2n) is 5.65. The maximum atomic E-state index is 12.0. The first-order valence-corrected chi connectivity index (χ1v) is 9.76. The molecule has 138 valence electrons. The number of hydrogen-bond donors (Lipinski definition) is 1. The maximum absolute atomic E-state index is 12.0. The van der Waals surface area contributed by atoms with Crippen molar-refractivity contribution in [3.05, 3.63) is 63.7 Å². The summed E-state index contributed by atoms with van der Waals surface area (Å²) in [5, 5.41) is 30.0. The monoisotopic (exact) mass is 405 g/mol. The summed E-state index contributed by atoms with van der Waals surface area (Å²) < 4.78 is 23.9. The lowest BCUT2D eigenvalue weighted by Gasteiger charge is -2.06. The number of nitro groups is 1. The Morgan fingerprint density at radius 3 is 2.30 bits per heavy atom. The van der Waals surface area contributed by atoms with Crippen molar-refractivity contribution in [2.45, 2.75) is 4.90 Å². The fourth-order valence-corrected chi connectivity index (χ4v) is 3.52. The molecular formula is C17H12ClN3O5S. The van der Waals surface area contributed by atoms with Crippen molar-refractivity contribution < 1.29 is 18.4 Å². The summed E-state index contributed by atoms with van der Waals surface area (Å²) in [7, 11) is -3.78. The lowest BCUT2D eigenvalue weighted by atomic mass is 10.1. The van der Waals surface area contributed by atoms with Gasteiger partial charge in [0.1, 0.15) is 16.3 Å². The minimum absolute atomic E-state index is 0.0450. The topological polar surface area (TPSA) is 122 Å². The third-order valence-electron chi connectivity index (χ3n) is 3.77. The molecule has 0 spiro atoms. The first kappa shape index (κ1) is 18.7. The molecule has 0 aromatic heterocycles. The highest BCUT2D eigenvalue weighted by Crippen LogP contribution is 2.39. The molecule has 1 N–H and O–H groups in total. The van der Waals surface area contributed by atoms with Crippen LogP contribution in [0.15, 0.2) is 63.7 Å². The lowest BCUT2D eigenvalue weighted by Crippen LogP contribution is -1.99. The summed E-state index contributed by atoms with van der Waals surface area (Å²) in [5.74, 6) is -0.0987. The van der Waals surface area contributed by atoms with Gasteiger partial charge in [0.2, 0.25) is 0 Å². The maximum Gasteiger partial charge on any atom is 0.270 e. The number of hydrogen-bond acceptors (Lipinski definition) is 7. The fourth-order valence-electron chi connectivity index (χ4n) is 2.49. The standard InChI is InChI=1S/C17H12ClN3O5S/c1-27(25,26)16-8-10(21(23)24)6-7-14(16)19-20-15-9-13(18)17(22)12-5-3-2-4-11(12)15/h2-9,22H,1H3. The minimum atomic E-state index is -3.78. The number of sulfone groups is 1. The molecule has 0 amide bonds. The number of nitrogens with zero attached hydrogens (tertiary/aromatic N) is 3. The highest BCUT2D eigenvalue weighted by molar-refractivity contribution is 7.90. The molecule has 0 aliphatic heterocycles. The quantitative estimate of drug-likeness (QED) is 0.374. The van der Waals surface area contributed by atoms with Crippen molar-refractivity contribution in [2.24, 2.45) is 10.2 Å². The molecule has 0 saturated carbocycles. The van der Waals surface area contributed by atoms with Crippen LogP contribution in [0.25, 0.3) is 10.8 Å². The number of non-ortho nitro benzene ring substituents is 1. The molecule has 27 heavy (non-hydrogen) atoms. The molecule has 8 nitrogen and oxygen atoms in total. The smallest absolute Gasteiger partial charge is 0.270 e. The van der Waals surface area contributed by atoms with Crippen LogP contribution in [-0.4, -0.2) is 24.7 Å². The normalized spacial score (nSPS) is 11.9. The van der Waals surface area contributed by atoms with Crippen LogP contribution < -0.4 is 0 Å². The molecule has 3 rings (SSSR count). The van der Waals surface area contributed by atoms with E-state index in [9.17, 15) is 23.6 Å². The Balaban J connectivity index is 2.16. The summed E-state index contributed by atoms with van der Waals surface area (Å²) in [6.07, 6.45) is 0.928. The van der Waals surface area contributed by atoms with E-state index in [0.717, 1.165) is 18.4 Å². The van der Waals surface area contributed by atoms with Crippen molar-refractivity contribution in [1.82, 2.24) is 0 Å². The first-order valence-electron chi connectivity index (χ1n) is 7.49. The Labute approximate surface area is 158 Å². The van der Waals surface area contributed by atoms with Crippen LogP contribution in [0.4, 0.5) is 17.1 Å². The number of phenols is 1. The Hall–Kier alpha value is -3.04. The molecule has 0 saturated heterocycles. The van der Waals surface area contributed by atoms with E-state index < -0.39 is 14.8 Å². The number of rotatable bonds is 4. The van der Waals surface area contributed by atoms with Crippen molar-refractivity contribution in [2.75, 3.05) is 6.26 Å². The van der Waals surface area contributed by atoms with E-state index in [1.807, 2.05) is 0 Å². The van der Waals surface area contributed by atoms with Gasteiger partial charge in [-0.3, -0.25) is 10.1 Å². The molecule has 0 aliphatic rings. The predicted octanol–water partition coefficient (Wildman–Crippen LogP) is 4.93. The number of azo groups is 1. The van der Waals surface area contributed by atoms with E-state index >= 15 is 0 Å². The highest BCUT2D eigenvalue weighted by atomic mass is 35.5. The molecule has 0 fully saturated rings. The fraction of sp³-hybridized carbons (Fsp3) is 0.0588. The van der Waals surface area contributed by atoms with Gasteiger partial charge in [-0.1, -0.05) is 35.9 Å². The number of nitro benzene ring substituents is 1. The molecule has 10 heteroatoms. The third-order valence-corrected chi connectivity index (χ3v) is 5.18. The largest absolute Gasteiger partial charge is 0.506 e. The molecule has 0 unspecified atom stereocenters. The Morgan fingerprint density at radius 1 is 1.04 bits per heavy atom. The van der Waals surface area contributed by atoms with Gasteiger partial charge >= 0.3 is 0 Å². The second kappa shape index (κ2) is 6.93. The molecule has 0 atom stereocenters. The molecular weight excluding hydrogens is 394 g/mol. The summed E-state index contributed by atoms with van der Waals surface area (Å²) in [4.78, 5) is 9.90. The van der Waals surface area contributed by atoms with Crippen molar-refractivity contribution in [1.29, 1.82) is 0 Å². The average molecular weight is 406 g/mol. The number of phenolic OH excluding ortho intramolecular Hbond substituents is 1. The van der Waals surface area contributed by atoms with Gasteiger partial charge in [-0.05, 0) is 12.1 Å². The number of halogens is 1. The molecule has 0 bridgehead atoms. The Kier molecular flexibility index (Phi) is 4.81. The van der Waals surface area contributed by atoms with Crippen LogP contribution in [0, 0.1) is 10.1 Å². The molecule has 0 radical (unpaired) electrons. The third kappa shape index (κ3) is 3.74. The molecule has 0 aliphatic carbocycles. The SMILES string of the molecule is CS(=O)(=O)c1cc([N+](=O)[O-])ccc1N=Nc1cc(Cl)c(O)c2ccccc12. The van der Waals surface area contributed by atoms with Crippen LogP contribution in [0.1, 0.15) is 0 Å².